The molecule has 1 aliphatic rings. The lowest BCUT2D eigenvalue weighted by atomic mass is 9.86. The lowest BCUT2D eigenvalue weighted by Crippen LogP contribution is -2.21. The van der Waals surface area contributed by atoms with E-state index < -0.39 is 0 Å². The first-order valence-corrected chi connectivity index (χ1v) is 13.7. The number of unbranched alkanes of at least 4 members (excludes halogenated alkanes) is 1. The van der Waals surface area contributed by atoms with E-state index >= 15 is 0 Å². The van der Waals surface area contributed by atoms with Gasteiger partial charge in [0.05, 0.1) is 0 Å². The van der Waals surface area contributed by atoms with Crippen LogP contribution >= 0.6 is 0 Å². The van der Waals surface area contributed by atoms with E-state index in [1.165, 1.54) is 66.7 Å². The van der Waals surface area contributed by atoms with Crippen molar-refractivity contribution in [2.45, 2.75) is 60.3 Å². The second kappa shape index (κ2) is 13.9. The van der Waals surface area contributed by atoms with Crippen molar-refractivity contribution < 1.29 is 0 Å². The molecule has 3 heteroatoms. The first kappa shape index (κ1) is 28.4. The third kappa shape index (κ3) is 8.16. The summed E-state index contributed by atoms with van der Waals surface area (Å²) in [5, 5.41) is 0. The number of likely N-dealkylation sites (tertiary alicyclic amines) is 1. The maximum Gasteiger partial charge on any atom is 0.0343 e. The molecular formula is C34H45N3. The van der Waals surface area contributed by atoms with E-state index in [1.807, 2.05) is 30.6 Å². The molecule has 0 spiro atoms. The van der Waals surface area contributed by atoms with E-state index in [4.69, 9.17) is 5.73 Å². The molecule has 1 saturated heterocycles. The van der Waals surface area contributed by atoms with Gasteiger partial charge in [-0.05, 0) is 116 Å². The first-order chi connectivity index (χ1) is 17.8. The van der Waals surface area contributed by atoms with Crippen LogP contribution in [0.15, 0.2) is 73.6 Å². The molecule has 0 bridgehead atoms. The Labute approximate surface area is 225 Å². The second-order valence-electron chi connectivity index (χ2n) is 10.6. The van der Waals surface area contributed by atoms with Crippen LogP contribution in [-0.4, -0.2) is 29.5 Å². The molecule has 0 radical (unpaired) electrons. The summed E-state index contributed by atoms with van der Waals surface area (Å²) < 4.78 is 0. The number of pyridine rings is 1. The van der Waals surface area contributed by atoms with Gasteiger partial charge in [-0.25, -0.2) is 0 Å². The average molecular weight is 496 g/mol. The van der Waals surface area contributed by atoms with Crippen molar-refractivity contribution in [2.75, 3.05) is 25.4 Å². The van der Waals surface area contributed by atoms with E-state index in [9.17, 15) is 0 Å². The number of aromatic nitrogens is 1. The number of nitrogen functional groups attached to an aromatic ring is 1. The monoisotopic (exact) mass is 495 g/mol. The number of rotatable bonds is 8. The number of nitrogens with zero attached hydrogens (tertiary/aromatic N) is 2. The third-order valence-corrected chi connectivity index (χ3v) is 7.07. The predicted molar refractivity (Wildman–Crippen MR) is 162 cm³/mol. The Morgan fingerprint density at radius 2 is 1.78 bits per heavy atom. The van der Waals surface area contributed by atoms with Crippen molar-refractivity contribution in [1.29, 1.82) is 0 Å². The maximum atomic E-state index is 6.01. The molecule has 3 nitrogen and oxygen atoms in total. The van der Waals surface area contributed by atoms with Gasteiger partial charge < -0.3 is 10.6 Å². The molecule has 0 saturated carbocycles. The predicted octanol–water partition coefficient (Wildman–Crippen LogP) is 8.25. The smallest absolute Gasteiger partial charge is 0.0343 e. The van der Waals surface area contributed by atoms with Gasteiger partial charge in [-0.15, -0.1) is 6.58 Å². The van der Waals surface area contributed by atoms with Gasteiger partial charge in [0.15, 0.2) is 0 Å². The Balaban J connectivity index is 0.000000319. The van der Waals surface area contributed by atoms with Crippen LogP contribution in [0.3, 0.4) is 0 Å². The number of aryl methyl sites for hydroxylation is 3. The zero-order chi connectivity index (χ0) is 26.8. The number of allylic oxidation sites excluding steroid dienone is 2. The van der Waals surface area contributed by atoms with E-state index in [0.29, 0.717) is 0 Å². The molecule has 1 aliphatic heterocycles. The summed E-state index contributed by atoms with van der Waals surface area (Å²) >= 11 is 0. The minimum absolute atomic E-state index is 0.762. The van der Waals surface area contributed by atoms with Crippen molar-refractivity contribution >= 4 is 16.8 Å². The van der Waals surface area contributed by atoms with Gasteiger partial charge in [-0.3, -0.25) is 4.98 Å². The molecule has 3 aromatic rings. The number of hydrogen-bond donors (Lipinski definition) is 1. The summed E-state index contributed by atoms with van der Waals surface area (Å²) in [6, 6.07) is 17.0. The summed E-state index contributed by atoms with van der Waals surface area (Å²) in [5.74, 6) is 0.955. The van der Waals surface area contributed by atoms with Crippen LogP contribution in [-0.2, 0) is 0 Å². The number of hydrogen-bond acceptors (Lipinski definition) is 3. The van der Waals surface area contributed by atoms with Crippen LogP contribution in [0, 0.1) is 26.7 Å². The fraction of sp³-hybridized carbons (Fsp3) is 0.382. The van der Waals surface area contributed by atoms with Crippen molar-refractivity contribution in [1.82, 2.24) is 9.88 Å². The standard InChI is InChI=1S/C25H26N2.C9H19N/c1-5-6-24(21-13-18(3)15-27-16-21)25(20-9-7-17(2)8-10-20)23-12-11-22(26)14-19(23)4;1-3-4-6-10-7-5-9(2)8-10/h5,7-16H,1,6,26H2,2-4H3;9H,3-8H2,1-2H3/b25-24+;. The topological polar surface area (TPSA) is 42.1 Å². The zero-order valence-electron chi connectivity index (χ0n) is 23.6. The van der Waals surface area contributed by atoms with Gasteiger partial charge in [0.1, 0.15) is 0 Å². The molecule has 2 aromatic carbocycles. The molecule has 0 aliphatic carbocycles. The van der Waals surface area contributed by atoms with Crippen LogP contribution in [0.2, 0.25) is 0 Å². The highest BCUT2D eigenvalue weighted by molar-refractivity contribution is 5.99. The molecular weight excluding hydrogens is 450 g/mol. The molecule has 1 fully saturated rings. The van der Waals surface area contributed by atoms with E-state index in [-0.39, 0.29) is 0 Å². The molecule has 37 heavy (non-hydrogen) atoms. The second-order valence-corrected chi connectivity index (χ2v) is 10.6. The SMILES string of the molecule is C=CC/C(=C(/c1ccc(C)cc1)c1ccc(N)cc1C)c1cncc(C)c1.CCCCN1CCC(C)C1. The highest BCUT2D eigenvalue weighted by Gasteiger charge is 2.17. The Kier molecular flexibility index (Phi) is 10.7. The van der Waals surface area contributed by atoms with Crippen LogP contribution < -0.4 is 5.73 Å². The van der Waals surface area contributed by atoms with E-state index in [0.717, 1.165) is 34.7 Å². The molecule has 1 atom stereocenters. The van der Waals surface area contributed by atoms with Crippen molar-refractivity contribution in [3.8, 4) is 0 Å². The zero-order valence-corrected chi connectivity index (χ0v) is 23.6. The maximum absolute atomic E-state index is 6.01. The highest BCUT2D eigenvalue weighted by Crippen LogP contribution is 2.36. The quantitative estimate of drug-likeness (QED) is 0.253. The van der Waals surface area contributed by atoms with Crippen molar-refractivity contribution in [3.05, 3.63) is 107 Å². The molecule has 1 unspecified atom stereocenters. The van der Waals surface area contributed by atoms with Crippen LogP contribution in [0.5, 0.6) is 0 Å². The summed E-state index contributed by atoms with van der Waals surface area (Å²) in [4.78, 5) is 7.01. The summed E-state index contributed by atoms with van der Waals surface area (Å²) in [6.45, 7) is 18.9. The van der Waals surface area contributed by atoms with Crippen LogP contribution in [0.1, 0.15) is 72.9 Å². The Hall–Kier alpha value is -3.17. The molecule has 1 aromatic heterocycles. The van der Waals surface area contributed by atoms with E-state index in [1.54, 1.807) is 0 Å². The minimum Gasteiger partial charge on any atom is -0.399 e. The van der Waals surface area contributed by atoms with Gasteiger partial charge in [0, 0.05) is 24.6 Å². The average Bonchev–Trinajstić information content (AvgIpc) is 3.30. The Morgan fingerprint density at radius 3 is 2.38 bits per heavy atom. The number of anilines is 1. The van der Waals surface area contributed by atoms with Crippen molar-refractivity contribution in [2.24, 2.45) is 5.92 Å². The molecule has 2 N–H and O–H groups in total. The lowest BCUT2D eigenvalue weighted by Gasteiger charge is -2.19. The molecule has 196 valence electrons. The number of benzene rings is 2. The normalized spacial score (nSPS) is 16.1. The molecule has 4 rings (SSSR count). The van der Waals surface area contributed by atoms with Crippen molar-refractivity contribution in [3.63, 3.8) is 0 Å². The first-order valence-electron chi connectivity index (χ1n) is 13.7. The highest BCUT2D eigenvalue weighted by atomic mass is 15.1. The van der Waals surface area contributed by atoms with Gasteiger partial charge in [0.25, 0.3) is 0 Å². The Morgan fingerprint density at radius 1 is 1.03 bits per heavy atom. The largest absolute Gasteiger partial charge is 0.399 e. The van der Waals surface area contributed by atoms with Gasteiger partial charge in [-0.2, -0.15) is 0 Å². The summed E-state index contributed by atoms with van der Waals surface area (Å²) in [5.41, 5.74) is 16.3. The van der Waals surface area contributed by atoms with E-state index in [2.05, 4.69) is 87.5 Å². The van der Waals surface area contributed by atoms with Crippen LogP contribution in [0.4, 0.5) is 5.69 Å². The third-order valence-electron chi connectivity index (χ3n) is 7.07. The van der Waals surface area contributed by atoms with Gasteiger partial charge >= 0.3 is 0 Å². The number of nitrogens with two attached hydrogens (primary N) is 1. The molecule has 2 heterocycles. The molecule has 0 amide bonds. The lowest BCUT2D eigenvalue weighted by molar-refractivity contribution is 0.322. The fourth-order valence-electron chi connectivity index (χ4n) is 5.02. The summed E-state index contributed by atoms with van der Waals surface area (Å²) in [6.07, 6.45) is 10.7. The fourth-order valence-corrected chi connectivity index (χ4v) is 5.02. The van der Waals surface area contributed by atoms with Gasteiger partial charge in [-0.1, -0.05) is 62.2 Å². The van der Waals surface area contributed by atoms with Gasteiger partial charge in [0.2, 0.25) is 0 Å². The van der Waals surface area contributed by atoms with Crippen LogP contribution in [0.25, 0.3) is 11.1 Å². The summed E-state index contributed by atoms with van der Waals surface area (Å²) in [7, 11) is 0. The Bertz CT molecular complexity index is 1190. The minimum atomic E-state index is 0.762.